The van der Waals surface area contributed by atoms with Crippen LogP contribution in [-0.2, 0) is 10.0 Å². The molecule has 0 aliphatic carbocycles. The maximum atomic E-state index is 13.5. The Bertz CT molecular complexity index is 660. The maximum Gasteiger partial charge on any atom is 0.243 e. The van der Waals surface area contributed by atoms with Gasteiger partial charge in [0, 0.05) is 18.2 Å². The van der Waals surface area contributed by atoms with Gasteiger partial charge >= 0.3 is 0 Å². The summed E-state index contributed by atoms with van der Waals surface area (Å²) in [4.78, 5) is 3.33. The zero-order chi connectivity index (χ0) is 17.0. The predicted molar refractivity (Wildman–Crippen MR) is 96.3 cm³/mol. The minimum atomic E-state index is -4.06. The van der Waals surface area contributed by atoms with Crippen LogP contribution in [0.15, 0.2) is 28.1 Å². The van der Waals surface area contributed by atoms with Gasteiger partial charge in [-0.2, -0.15) is 0 Å². The molecule has 6 nitrogen and oxygen atoms in total. The minimum Gasteiger partial charge on any atom is -0.370 e. The van der Waals surface area contributed by atoms with E-state index < -0.39 is 26.6 Å². The SMILES string of the molecule is CC(C)(C)NC(N)=NCCNS(=O)(=O)c1ccc(F)cc1F.I. The highest BCUT2D eigenvalue weighted by Crippen LogP contribution is 2.14. The van der Waals surface area contributed by atoms with Crippen LogP contribution in [0.4, 0.5) is 8.78 Å². The summed E-state index contributed by atoms with van der Waals surface area (Å²) < 4.78 is 52.1. The Morgan fingerprint density at radius 3 is 2.43 bits per heavy atom. The summed E-state index contributed by atoms with van der Waals surface area (Å²) >= 11 is 0. The number of guanidine groups is 1. The Kier molecular flexibility index (Phi) is 8.35. The summed E-state index contributed by atoms with van der Waals surface area (Å²) in [7, 11) is -4.06. The summed E-state index contributed by atoms with van der Waals surface area (Å²) in [5, 5.41) is 2.91. The first-order chi connectivity index (χ1) is 10.0. The van der Waals surface area contributed by atoms with Crippen molar-refractivity contribution in [2.24, 2.45) is 10.7 Å². The van der Waals surface area contributed by atoms with E-state index >= 15 is 0 Å². The highest BCUT2D eigenvalue weighted by Gasteiger charge is 2.18. The van der Waals surface area contributed by atoms with Gasteiger partial charge in [-0.25, -0.2) is 21.9 Å². The van der Waals surface area contributed by atoms with Crippen molar-refractivity contribution in [2.75, 3.05) is 13.1 Å². The zero-order valence-corrected chi connectivity index (χ0v) is 16.2. The molecule has 0 atom stereocenters. The number of hydrogen-bond acceptors (Lipinski definition) is 3. The second kappa shape index (κ2) is 8.73. The van der Waals surface area contributed by atoms with E-state index in [1.165, 1.54) is 0 Å². The lowest BCUT2D eigenvalue weighted by molar-refractivity contribution is 0.508. The van der Waals surface area contributed by atoms with Gasteiger partial charge in [0.05, 0.1) is 6.54 Å². The highest BCUT2D eigenvalue weighted by molar-refractivity contribution is 14.0. The molecule has 1 aromatic rings. The van der Waals surface area contributed by atoms with Crippen LogP contribution in [-0.4, -0.2) is 33.0 Å². The minimum absolute atomic E-state index is 0. The summed E-state index contributed by atoms with van der Waals surface area (Å²) in [6, 6.07) is 2.25. The number of sulfonamides is 1. The number of nitrogens with two attached hydrogens (primary N) is 1. The molecule has 0 radical (unpaired) electrons. The second-order valence-electron chi connectivity index (χ2n) is 5.61. The molecule has 0 aliphatic rings. The van der Waals surface area contributed by atoms with Crippen LogP contribution >= 0.6 is 24.0 Å². The molecule has 0 saturated heterocycles. The third-order valence-electron chi connectivity index (χ3n) is 2.37. The molecule has 0 unspecified atom stereocenters. The van der Waals surface area contributed by atoms with Crippen LogP contribution in [0.3, 0.4) is 0 Å². The Labute approximate surface area is 152 Å². The molecule has 0 aliphatic heterocycles. The molecular weight excluding hydrogens is 441 g/mol. The third-order valence-corrected chi connectivity index (χ3v) is 3.87. The Morgan fingerprint density at radius 2 is 1.91 bits per heavy atom. The molecule has 0 fully saturated rings. The van der Waals surface area contributed by atoms with E-state index in [1.54, 1.807) is 0 Å². The standard InChI is InChI=1S/C13H20F2N4O2S.HI/c1-13(2,3)19-12(16)17-6-7-18-22(20,21)11-5-4-9(14)8-10(11)15;/h4-5,8,18H,6-7H2,1-3H3,(H3,16,17,19);1H. The van der Waals surface area contributed by atoms with Gasteiger partial charge in [-0.05, 0) is 32.9 Å². The Morgan fingerprint density at radius 1 is 1.30 bits per heavy atom. The monoisotopic (exact) mass is 462 g/mol. The molecule has 0 amide bonds. The van der Waals surface area contributed by atoms with Crippen molar-refractivity contribution in [1.82, 2.24) is 10.0 Å². The molecule has 0 saturated carbocycles. The number of benzene rings is 1. The van der Waals surface area contributed by atoms with E-state index in [0.717, 1.165) is 12.1 Å². The van der Waals surface area contributed by atoms with E-state index in [2.05, 4.69) is 15.0 Å². The lowest BCUT2D eigenvalue weighted by Crippen LogP contribution is -2.45. The summed E-state index contributed by atoms with van der Waals surface area (Å²) in [5.41, 5.74) is 5.36. The van der Waals surface area contributed by atoms with E-state index in [4.69, 9.17) is 5.73 Å². The number of nitrogens with one attached hydrogen (secondary N) is 2. The smallest absolute Gasteiger partial charge is 0.243 e. The van der Waals surface area contributed by atoms with Gasteiger partial charge in [-0.15, -0.1) is 24.0 Å². The molecule has 0 heterocycles. The largest absolute Gasteiger partial charge is 0.370 e. The normalized spacial score (nSPS) is 12.7. The molecule has 0 spiro atoms. The van der Waals surface area contributed by atoms with Crippen molar-refractivity contribution in [3.63, 3.8) is 0 Å². The van der Waals surface area contributed by atoms with E-state index in [9.17, 15) is 17.2 Å². The average Bonchev–Trinajstić information content (AvgIpc) is 2.32. The summed E-state index contributed by atoms with van der Waals surface area (Å²) in [5.74, 6) is -1.81. The lowest BCUT2D eigenvalue weighted by atomic mass is 10.1. The molecule has 1 aromatic carbocycles. The first kappa shape index (κ1) is 22.0. The molecule has 1 rings (SSSR count). The molecule has 0 aromatic heterocycles. The van der Waals surface area contributed by atoms with Gasteiger partial charge in [-0.1, -0.05) is 0 Å². The van der Waals surface area contributed by atoms with Crippen LogP contribution in [0.25, 0.3) is 0 Å². The third kappa shape index (κ3) is 7.88. The zero-order valence-electron chi connectivity index (χ0n) is 13.1. The van der Waals surface area contributed by atoms with Crippen molar-refractivity contribution in [3.05, 3.63) is 29.8 Å². The van der Waals surface area contributed by atoms with Crippen LogP contribution < -0.4 is 15.8 Å². The quantitative estimate of drug-likeness (QED) is 0.268. The summed E-state index contributed by atoms with van der Waals surface area (Å²) in [6.07, 6.45) is 0. The van der Waals surface area contributed by atoms with Crippen molar-refractivity contribution in [3.8, 4) is 0 Å². The Balaban J connectivity index is 0.00000484. The number of hydrogen-bond donors (Lipinski definition) is 3. The average molecular weight is 462 g/mol. The highest BCUT2D eigenvalue weighted by atomic mass is 127. The fraction of sp³-hybridized carbons (Fsp3) is 0.462. The van der Waals surface area contributed by atoms with Crippen LogP contribution in [0.1, 0.15) is 20.8 Å². The van der Waals surface area contributed by atoms with Crippen molar-refractivity contribution in [2.45, 2.75) is 31.2 Å². The Hall–Kier alpha value is -1.01. The number of aliphatic imine (C=N–C) groups is 1. The van der Waals surface area contributed by atoms with Crippen LogP contribution in [0.5, 0.6) is 0 Å². The van der Waals surface area contributed by atoms with Gasteiger partial charge in [-0.3, -0.25) is 4.99 Å². The van der Waals surface area contributed by atoms with E-state index in [-0.39, 0.29) is 48.6 Å². The molecule has 0 bridgehead atoms. The summed E-state index contributed by atoms with van der Waals surface area (Å²) in [6.45, 7) is 5.71. The van der Waals surface area contributed by atoms with Gasteiger partial charge in [0.1, 0.15) is 16.5 Å². The fourth-order valence-corrected chi connectivity index (χ4v) is 2.63. The molecule has 10 heteroatoms. The number of rotatable bonds is 5. The maximum absolute atomic E-state index is 13.5. The number of nitrogens with zero attached hydrogens (tertiary/aromatic N) is 1. The van der Waals surface area contributed by atoms with Crippen molar-refractivity contribution >= 4 is 40.0 Å². The van der Waals surface area contributed by atoms with Crippen LogP contribution in [0.2, 0.25) is 0 Å². The van der Waals surface area contributed by atoms with Gasteiger partial charge in [0.2, 0.25) is 10.0 Å². The van der Waals surface area contributed by atoms with Gasteiger partial charge < -0.3 is 11.1 Å². The van der Waals surface area contributed by atoms with E-state index in [0.29, 0.717) is 6.07 Å². The van der Waals surface area contributed by atoms with Crippen LogP contribution in [0, 0.1) is 11.6 Å². The van der Waals surface area contributed by atoms with Gasteiger partial charge in [0.25, 0.3) is 0 Å². The molecule has 4 N–H and O–H groups in total. The first-order valence-electron chi connectivity index (χ1n) is 6.54. The topological polar surface area (TPSA) is 96.6 Å². The molecular formula is C13H21F2IN4O2S. The molecule has 23 heavy (non-hydrogen) atoms. The van der Waals surface area contributed by atoms with E-state index in [1.807, 2.05) is 20.8 Å². The molecule has 132 valence electrons. The lowest BCUT2D eigenvalue weighted by Gasteiger charge is -2.20. The fourth-order valence-electron chi connectivity index (χ4n) is 1.55. The second-order valence-corrected chi connectivity index (χ2v) is 7.35. The van der Waals surface area contributed by atoms with Gasteiger partial charge in [0.15, 0.2) is 5.96 Å². The first-order valence-corrected chi connectivity index (χ1v) is 8.02. The van der Waals surface area contributed by atoms with Crippen molar-refractivity contribution < 1.29 is 17.2 Å². The predicted octanol–water partition coefficient (Wildman–Crippen LogP) is 1.56. The number of halogens is 3. The van der Waals surface area contributed by atoms with Crippen molar-refractivity contribution in [1.29, 1.82) is 0 Å².